The Labute approximate surface area is 168 Å². The summed E-state index contributed by atoms with van der Waals surface area (Å²) < 4.78 is 10.3. The second-order valence-electron chi connectivity index (χ2n) is 6.78. The fraction of sp³-hybridized carbons (Fsp3) is 0.526. The number of rotatable bonds is 4. The summed E-state index contributed by atoms with van der Waals surface area (Å²) in [6.45, 7) is 5.83. The molecule has 28 heavy (non-hydrogen) atoms. The number of hydrogen-bond acceptors (Lipinski definition) is 6. The monoisotopic (exact) mass is 409 g/mol. The van der Waals surface area contributed by atoms with Crippen molar-refractivity contribution in [3.05, 3.63) is 22.7 Å². The molecule has 2 aliphatic heterocycles. The molecular weight excluding hydrogens is 386 g/mol. The van der Waals surface area contributed by atoms with Gasteiger partial charge in [0.1, 0.15) is 5.75 Å². The van der Waals surface area contributed by atoms with E-state index in [1.807, 2.05) is 11.8 Å². The molecule has 2 saturated heterocycles. The molecule has 3 amide bonds. The molecule has 0 aliphatic carbocycles. The Balaban J connectivity index is 1.75. The van der Waals surface area contributed by atoms with Gasteiger partial charge in [0, 0.05) is 37.3 Å². The topological polar surface area (TPSA) is 79.4 Å². The van der Waals surface area contributed by atoms with Crippen LogP contribution in [0.5, 0.6) is 5.75 Å². The van der Waals surface area contributed by atoms with Crippen molar-refractivity contribution >= 4 is 35.2 Å². The van der Waals surface area contributed by atoms with Crippen LogP contribution >= 0.6 is 11.6 Å². The van der Waals surface area contributed by atoms with E-state index in [0.29, 0.717) is 49.2 Å². The summed E-state index contributed by atoms with van der Waals surface area (Å²) in [6.07, 6.45) is -0.248. The fourth-order valence-corrected chi connectivity index (χ4v) is 3.73. The van der Waals surface area contributed by atoms with Crippen molar-refractivity contribution < 1.29 is 23.9 Å². The molecule has 9 heteroatoms. The lowest BCUT2D eigenvalue weighted by atomic mass is 10.1. The van der Waals surface area contributed by atoms with Crippen molar-refractivity contribution in [1.82, 2.24) is 9.80 Å². The third-order valence-electron chi connectivity index (χ3n) is 5.10. The van der Waals surface area contributed by atoms with Gasteiger partial charge in [-0.15, -0.1) is 0 Å². The zero-order valence-electron chi connectivity index (χ0n) is 16.2. The highest BCUT2D eigenvalue weighted by Crippen LogP contribution is 2.37. The molecule has 2 heterocycles. The third kappa shape index (κ3) is 3.79. The Morgan fingerprint density at radius 1 is 1.21 bits per heavy atom. The first-order valence-electron chi connectivity index (χ1n) is 9.24. The number of carbonyl (C=O) groups is 3. The molecule has 1 atom stereocenters. The molecule has 2 aliphatic rings. The summed E-state index contributed by atoms with van der Waals surface area (Å²) >= 11 is 6.14. The molecule has 0 bridgehead atoms. The summed E-state index contributed by atoms with van der Waals surface area (Å²) in [5.74, 6) is -0.178. The molecular formula is C19H24ClN3O5. The maximum Gasteiger partial charge on any atom is 0.409 e. The molecule has 0 aromatic heterocycles. The van der Waals surface area contributed by atoms with Gasteiger partial charge in [0.05, 0.1) is 31.9 Å². The average Bonchev–Trinajstić information content (AvgIpc) is 2.98. The first-order chi connectivity index (χ1) is 13.4. The van der Waals surface area contributed by atoms with E-state index < -0.39 is 6.04 Å². The minimum Gasteiger partial charge on any atom is -0.495 e. The van der Waals surface area contributed by atoms with E-state index in [-0.39, 0.29) is 24.3 Å². The minimum atomic E-state index is -0.544. The first kappa shape index (κ1) is 20.4. The molecule has 3 rings (SSSR count). The van der Waals surface area contributed by atoms with E-state index >= 15 is 0 Å². The number of ether oxygens (including phenoxy) is 2. The Morgan fingerprint density at radius 3 is 2.50 bits per heavy atom. The number of anilines is 1. The predicted octanol–water partition coefficient (Wildman–Crippen LogP) is 2.06. The lowest BCUT2D eigenvalue weighted by Gasteiger charge is -2.36. The summed E-state index contributed by atoms with van der Waals surface area (Å²) in [4.78, 5) is 42.3. The average molecular weight is 410 g/mol. The van der Waals surface area contributed by atoms with Gasteiger partial charge in [0.15, 0.2) is 0 Å². The highest BCUT2D eigenvalue weighted by Gasteiger charge is 2.44. The molecule has 8 nitrogen and oxygen atoms in total. The van der Waals surface area contributed by atoms with Gasteiger partial charge in [0.2, 0.25) is 5.91 Å². The van der Waals surface area contributed by atoms with Gasteiger partial charge in [-0.3, -0.25) is 14.5 Å². The van der Waals surface area contributed by atoms with Crippen molar-refractivity contribution in [2.45, 2.75) is 26.3 Å². The molecule has 1 aromatic rings. The zero-order valence-corrected chi connectivity index (χ0v) is 17.0. The molecule has 0 radical (unpaired) electrons. The Hall–Kier alpha value is -2.32. The van der Waals surface area contributed by atoms with Gasteiger partial charge in [-0.2, -0.15) is 0 Å². The lowest BCUT2D eigenvalue weighted by molar-refractivity contribution is -0.123. The van der Waals surface area contributed by atoms with Crippen LogP contribution in [0, 0.1) is 6.92 Å². The van der Waals surface area contributed by atoms with Gasteiger partial charge in [-0.05, 0) is 25.5 Å². The van der Waals surface area contributed by atoms with E-state index in [4.69, 9.17) is 21.1 Å². The number of hydrogen-bond donors (Lipinski definition) is 0. The molecule has 1 aromatic carbocycles. The maximum absolute atomic E-state index is 13.1. The van der Waals surface area contributed by atoms with Crippen molar-refractivity contribution in [2.24, 2.45) is 0 Å². The number of benzene rings is 1. The van der Waals surface area contributed by atoms with Crippen LogP contribution in [0.2, 0.25) is 5.02 Å². The van der Waals surface area contributed by atoms with Gasteiger partial charge < -0.3 is 14.4 Å². The third-order valence-corrected chi connectivity index (χ3v) is 5.51. The van der Waals surface area contributed by atoms with Crippen LogP contribution < -0.4 is 9.64 Å². The van der Waals surface area contributed by atoms with E-state index in [1.54, 1.807) is 24.0 Å². The van der Waals surface area contributed by atoms with Gasteiger partial charge in [0.25, 0.3) is 5.91 Å². The Kier molecular flexibility index (Phi) is 6.10. The Morgan fingerprint density at radius 2 is 1.89 bits per heavy atom. The maximum atomic E-state index is 13.1. The minimum absolute atomic E-state index is 0.100. The highest BCUT2D eigenvalue weighted by molar-refractivity contribution is 6.32. The van der Waals surface area contributed by atoms with Crippen molar-refractivity contribution in [3.8, 4) is 5.75 Å². The molecule has 0 spiro atoms. The highest BCUT2D eigenvalue weighted by atomic mass is 35.5. The number of piperazine rings is 1. The lowest BCUT2D eigenvalue weighted by Crippen LogP contribution is -2.54. The number of aryl methyl sites for hydroxylation is 1. The standard InChI is InChI=1S/C19H24ClN3O5/c1-4-28-19(26)22-7-5-21(6-8-22)15-11-17(24)23(18(15)25)14-9-12(2)13(20)10-16(14)27-3/h9-10,15H,4-8,11H2,1-3H3/t15-/m0/s1. The van der Waals surface area contributed by atoms with E-state index in [0.717, 1.165) is 5.56 Å². The molecule has 0 saturated carbocycles. The quantitative estimate of drug-likeness (QED) is 0.708. The molecule has 0 unspecified atom stereocenters. The number of carbonyl (C=O) groups excluding carboxylic acids is 3. The number of amides is 3. The SMILES string of the molecule is CCOC(=O)N1CCN([C@H]2CC(=O)N(c3cc(C)c(Cl)cc3OC)C2=O)CC1. The largest absolute Gasteiger partial charge is 0.495 e. The summed E-state index contributed by atoms with van der Waals surface area (Å²) in [5.41, 5.74) is 1.16. The van der Waals surface area contributed by atoms with Gasteiger partial charge >= 0.3 is 6.09 Å². The van der Waals surface area contributed by atoms with E-state index in [9.17, 15) is 14.4 Å². The summed E-state index contributed by atoms with van der Waals surface area (Å²) in [5, 5.41) is 0.506. The Bertz CT molecular complexity index is 792. The van der Waals surface area contributed by atoms with Crippen LogP contribution in [0.25, 0.3) is 0 Å². The second-order valence-corrected chi connectivity index (χ2v) is 7.19. The van der Waals surface area contributed by atoms with Gasteiger partial charge in [-0.25, -0.2) is 9.69 Å². The fourth-order valence-electron chi connectivity index (χ4n) is 3.57. The zero-order chi connectivity index (χ0) is 20.4. The van der Waals surface area contributed by atoms with E-state index in [2.05, 4.69) is 0 Å². The van der Waals surface area contributed by atoms with Crippen LogP contribution in [-0.2, 0) is 14.3 Å². The van der Waals surface area contributed by atoms with Crippen molar-refractivity contribution in [2.75, 3.05) is 44.8 Å². The normalized spacial score (nSPS) is 20.6. The number of halogens is 1. The number of imide groups is 1. The van der Waals surface area contributed by atoms with Crippen molar-refractivity contribution in [1.29, 1.82) is 0 Å². The van der Waals surface area contributed by atoms with Crippen LogP contribution in [0.15, 0.2) is 12.1 Å². The van der Waals surface area contributed by atoms with Gasteiger partial charge in [-0.1, -0.05) is 11.6 Å². The molecule has 0 N–H and O–H groups in total. The van der Waals surface area contributed by atoms with Crippen LogP contribution in [0.3, 0.4) is 0 Å². The second kappa shape index (κ2) is 8.36. The van der Waals surface area contributed by atoms with Crippen LogP contribution in [0.1, 0.15) is 18.9 Å². The smallest absolute Gasteiger partial charge is 0.409 e. The summed E-state index contributed by atoms with van der Waals surface area (Å²) in [7, 11) is 1.47. The van der Waals surface area contributed by atoms with Crippen LogP contribution in [-0.4, -0.2) is 73.6 Å². The number of methoxy groups -OCH3 is 1. The van der Waals surface area contributed by atoms with Crippen LogP contribution in [0.4, 0.5) is 10.5 Å². The first-order valence-corrected chi connectivity index (χ1v) is 9.61. The number of nitrogens with zero attached hydrogens (tertiary/aromatic N) is 3. The molecule has 152 valence electrons. The summed E-state index contributed by atoms with van der Waals surface area (Å²) in [6, 6.07) is 2.76. The molecule has 2 fully saturated rings. The predicted molar refractivity (Wildman–Crippen MR) is 104 cm³/mol. The van der Waals surface area contributed by atoms with E-state index in [1.165, 1.54) is 12.0 Å². The van der Waals surface area contributed by atoms with Crippen molar-refractivity contribution in [3.63, 3.8) is 0 Å².